The van der Waals surface area contributed by atoms with Gasteiger partial charge in [0.25, 0.3) is 0 Å². The van der Waals surface area contributed by atoms with Crippen molar-refractivity contribution in [3.8, 4) is 17.1 Å². The van der Waals surface area contributed by atoms with Crippen LogP contribution in [0.5, 0.6) is 0 Å². The van der Waals surface area contributed by atoms with Gasteiger partial charge in [0.2, 0.25) is 0 Å². The van der Waals surface area contributed by atoms with Crippen molar-refractivity contribution >= 4 is 0 Å². The third-order valence-electron chi connectivity index (χ3n) is 4.61. The third kappa shape index (κ3) is 3.36. The van der Waals surface area contributed by atoms with Gasteiger partial charge < -0.3 is 4.74 Å². The maximum Gasteiger partial charge on any atom is 0.181 e. The first-order valence-electron chi connectivity index (χ1n) is 8.67. The van der Waals surface area contributed by atoms with Crippen molar-refractivity contribution in [2.45, 2.75) is 13.0 Å². The summed E-state index contributed by atoms with van der Waals surface area (Å²) >= 11 is 0. The number of hydrogen-bond acceptors (Lipinski definition) is 5. The van der Waals surface area contributed by atoms with Crippen molar-refractivity contribution in [2.24, 2.45) is 0 Å². The first-order valence-corrected chi connectivity index (χ1v) is 8.67. The number of aromatic nitrogens is 4. The van der Waals surface area contributed by atoms with Crippen LogP contribution >= 0.6 is 0 Å². The van der Waals surface area contributed by atoms with Gasteiger partial charge in [0, 0.05) is 31.0 Å². The summed E-state index contributed by atoms with van der Waals surface area (Å²) < 4.78 is 20.6. The van der Waals surface area contributed by atoms with E-state index in [2.05, 4.69) is 16.8 Å². The normalized spacial score (nSPS) is 16.5. The van der Waals surface area contributed by atoms with Crippen LogP contribution in [0.1, 0.15) is 18.8 Å². The minimum Gasteiger partial charge on any atom is -0.379 e. The number of hydrogen-bond donors (Lipinski definition) is 0. The molecule has 0 N–H and O–H groups in total. The number of ether oxygens (including phenoxy) is 1. The molecule has 0 saturated carbocycles. The second-order valence-corrected chi connectivity index (χ2v) is 6.24. The zero-order chi connectivity index (χ0) is 17.9. The monoisotopic (exact) mass is 353 g/mol. The van der Waals surface area contributed by atoms with E-state index in [9.17, 15) is 4.39 Å². The Kier molecular flexibility index (Phi) is 4.73. The summed E-state index contributed by atoms with van der Waals surface area (Å²) in [4.78, 5) is 11.2. The van der Waals surface area contributed by atoms with Crippen molar-refractivity contribution in [2.75, 3.05) is 26.3 Å². The highest BCUT2D eigenvalue weighted by atomic mass is 19.1. The summed E-state index contributed by atoms with van der Waals surface area (Å²) in [5.74, 6) is 1.15. The van der Waals surface area contributed by atoms with Crippen LogP contribution in [0, 0.1) is 5.82 Å². The van der Waals surface area contributed by atoms with Crippen LogP contribution in [0.3, 0.4) is 0 Å². The molecule has 7 heteroatoms. The number of rotatable bonds is 4. The highest BCUT2D eigenvalue weighted by Crippen LogP contribution is 2.25. The standard InChI is InChI=1S/C19H20FN5O/c1-14(24-10-12-26-13-11-24)19-22-18(15-2-4-16(20)5-3-15)23-25(19)17-6-8-21-9-7-17/h2-9,14H,10-13H2,1H3. The summed E-state index contributed by atoms with van der Waals surface area (Å²) in [6, 6.07) is 10.1. The van der Waals surface area contributed by atoms with Crippen LogP contribution in [0.25, 0.3) is 17.1 Å². The Labute approximate surface area is 151 Å². The molecule has 1 fully saturated rings. The highest BCUT2D eigenvalue weighted by Gasteiger charge is 2.25. The Balaban J connectivity index is 1.76. The van der Waals surface area contributed by atoms with Gasteiger partial charge >= 0.3 is 0 Å². The summed E-state index contributed by atoms with van der Waals surface area (Å²) in [5, 5.41) is 4.69. The summed E-state index contributed by atoms with van der Waals surface area (Å²) in [7, 11) is 0. The summed E-state index contributed by atoms with van der Waals surface area (Å²) in [5.41, 5.74) is 1.69. The van der Waals surface area contributed by atoms with Gasteiger partial charge in [-0.05, 0) is 43.3 Å². The zero-order valence-electron chi connectivity index (χ0n) is 14.5. The molecule has 0 aliphatic carbocycles. The molecule has 0 spiro atoms. The van der Waals surface area contributed by atoms with E-state index in [0.29, 0.717) is 5.82 Å². The Hall–Kier alpha value is -2.64. The smallest absolute Gasteiger partial charge is 0.181 e. The van der Waals surface area contributed by atoms with E-state index in [-0.39, 0.29) is 11.9 Å². The molecule has 0 radical (unpaired) electrons. The lowest BCUT2D eigenvalue weighted by Gasteiger charge is -2.31. The fourth-order valence-corrected chi connectivity index (χ4v) is 3.12. The van der Waals surface area contributed by atoms with E-state index in [1.807, 2.05) is 16.8 Å². The van der Waals surface area contributed by atoms with E-state index in [1.165, 1.54) is 12.1 Å². The lowest BCUT2D eigenvalue weighted by atomic mass is 10.2. The maximum atomic E-state index is 13.3. The molecule has 1 atom stereocenters. The van der Waals surface area contributed by atoms with Crippen LogP contribution in [0.2, 0.25) is 0 Å². The van der Waals surface area contributed by atoms with Crippen molar-refractivity contribution < 1.29 is 9.13 Å². The molecular formula is C19H20FN5O. The number of nitrogens with zero attached hydrogens (tertiary/aromatic N) is 5. The molecular weight excluding hydrogens is 333 g/mol. The molecule has 134 valence electrons. The Morgan fingerprint density at radius 1 is 1.04 bits per heavy atom. The fourth-order valence-electron chi connectivity index (χ4n) is 3.12. The molecule has 26 heavy (non-hydrogen) atoms. The molecule has 0 bridgehead atoms. The predicted octanol–water partition coefficient (Wildman–Crippen LogP) is 2.86. The van der Waals surface area contributed by atoms with Gasteiger partial charge in [0.05, 0.1) is 24.9 Å². The molecule has 1 aromatic carbocycles. The number of morpholine rings is 1. The van der Waals surface area contributed by atoms with E-state index < -0.39 is 0 Å². The molecule has 3 heterocycles. The van der Waals surface area contributed by atoms with Gasteiger partial charge in [-0.1, -0.05) is 0 Å². The highest BCUT2D eigenvalue weighted by molar-refractivity contribution is 5.55. The first-order chi connectivity index (χ1) is 12.7. The lowest BCUT2D eigenvalue weighted by Crippen LogP contribution is -2.38. The SMILES string of the molecule is CC(c1nc(-c2ccc(F)cc2)nn1-c1ccncc1)N1CCOCC1. The Morgan fingerprint density at radius 3 is 2.42 bits per heavy atom. The number of halogens is 1. The van der Waals surface area contributed by atoms with Gasteiger partial charge in [-0.25, -0.2) is 14.1 Å². The molecule has 0 amide bonds. The minimum absolute atomic E-state index is 0.0776. The molecule has 2 aromatic heterocycles. The molecule has 1 aliphatic rings. The van der Waals surface area contributed by atoms with E-state index in [1.54, 1.807) is 24.5 Å². The summed E-state index contributed by atoms with van der Waals surface area (Å²) in [6.07, 6.45) is 3.47. The third-order valence-corrected chi connectivity index (χ3v) is 4.61. The summed E-state index contributed by atoms with van der Waals surface area (Å²) in [6.45, 7) is 5.28. The second kappa shape index (κ2) is 7.31. The van der Waals surface area contributed by atoms with E-state index in [4.69, 9.17) is 14.8 Å². The maximum absolute atomic E-state index is 13.3. The fraction of sp³-hybridized carbons (Fsp3) is 0.316. The molecule has 1 saturated heterocycles. The van der Waals surface area contributed by atoms with Crippen molar-refractivity contribution in [3.63, 3.8) is 0 Å². The van der Waals surface area contributed by atoms with Crippen molar-refractivity contribution in [3.05, 3.63) is 60.4 Å². The molecule has 4 rings (SSSR count). The van der Waals surface area contributed by atoms with Crippen LogP contribution in [-0.2, 0) is 4.74 Å². The quantitative estimate of drug-likeness (QED) is 0.722. The Bertz CT molecular complexity index is 859. The predicted molar refractivity (Wildman–Crippen MR) is 95.4 cm³/mol. The second-order valence-electron chi connectivity index (χ2n) is 6.24. The van der Waals surface area contributed by atoms with Gasteiger partial charge in [-0.15, -0.1) is 5.10 Å². The van der Waals surface area contributed by atoms with Crippen LogP contribution < -0.4 is 0 Å². The van der Waals surface area contributed by atoms with Crippen LogP contribution in [0.4, 0.5) is 4.39 Å². The van der Waals surface area contributed by atoms with Gasteiger partial charge in [0.15, 0.2) is 5.82 Å². The number of benzene rings is 1. The first kappa shape index (κ1) is 16.8. The average molecular weight is 353 g/mol. The molecule has 6 nitrogen and oxygen atoms in total. The van der Waals surface area contributed by atoms with Gasteiger partial charge in [-0.3, -0.25) is 9.88 Å². The van der Waals surface area contributed by atoms with Gasteiger partial charge in [-0.2, -0.15) is 0 Å². The zero-order valence-corrected chi connectivity index (χ0v) is 14.5. The Morgan fingerprint density at radius 2 is 1.73 bits per heavy atom. The largest absolute Gasteiger partial charge is 0.379 e. The van der Waals surface area contributed by atoms with E-state index >= 15 is 0 Å². The van der Waals surface area contributed by atoms with Gasteiger partial charge in [0.1, 0.15) is 11.6 Å². The van der Waals surface area contributed by atoms with Crippen LogP contribution in [-0.4, -0.2) is 51.0 Å². The molecule has 1 aliphatic heterocycles. The number of pyridine rings is 1. The minimum atomic E-state index is -0.274. The van der Waals surface area contributed by atoms with Crippen molar-refractivity contribution in [1.29, 1.82) is 0 Å². The van der Waals surface area contributed by atoms with Crippen LogP contribution in [0.15, 0.2) is 48.8 Å². The lowest BCUT2D eigenvalue weighted by molar-refractivity contribution is 0.0178. The molecule has 1 unspecified atom stereocenters. The molecule has 3 aromatic rings. The van der Waals surface area contributed by atoms with Crippen molar-refractivity contribution in [1.82, 2.24) is 24.6 Å². The van der Waals surface area contributed by atoms with E-state index in [0.717, 1.165) is 43.4 Å². The average Bonchev–Trinajstić information content (AvgIpc) is 3.15. The topological polar surface area (TPSA) is 56.1 Å².